The molecule has 2 rings (SSSR count). The molecule has 1 aromatic rings. The summed E-state index contributed by atoms with van der Waals surface area (Å²) in [7, 11) is 0. The third-order valence-electron chi connectivity index (χ3n) is 2.07. The lowest BCUT2D eigenvalue weighted by atomic mass is 10.4. The quantitative estimate of drug-likeness (QED) is 0.411. The summed E-state index contributed by atoms with van der Waals surface area (Å²) in [6, 6.07) is 3.15. The Morgan fingerprint density at radius 3 is 3.07 bits per heavy atom. The zero-order valence-corrected chi connectivity index (χ0v) is 7.78. The fraction of sp³-hybridized carbons (Fsp3) is 0.500. The fourth-order valence-corrected chi connectivity index (χ4v) is 1.08. The Morgan fingerprint density at radius 2 is 2.36 bits per heavy atom. The van der Waals surface area contributed by atoms with E-state index in [0.29, 0.717) is 12.5 Å². The average Bonchev–Trinajstić information content (AvgIpc) is 2.99. The molecule has 1 aromatic heterocycles. The first kappa shape index (κ1) is 9.40. The molecule has 0 amide bonds. The maximum Gasteiger partial charge on any atom is 0.255 e. The van der Waals surface area contributed by atoms with Crippen molar-refractivity contribution in [2.75, 3.05) is 13.4 Å². The molecule has 3 nitrogen and oxygen atoms in total. The van der Waals surface area contributed by atoms with E-state index in [2.05, 4.69) is 4.98 Å². The first-order valence-corrected chi connectivity index (χ1v) is 4.67. The minimum atomic E-state index is -0.595. The van der Waals surface area contributed by atoms with Crippen LogP contribution < -0.4 is 4.74 Å². The normalized spacial score (nSPS) is 15.5. The van der Waals surface area contributed by atoms with Gasteiger partial charge in [0.15, 0.2) is 12.5 Å². The molecule has 0 saturated heterocycles. The molecule has 1 fully saturated rings. The van der Waals surface area contributed by atoms with Crippen LogP contribution in [0.4, 0.5) is 4.39 Å². The second kappa shape index (κ2) is 4.37. The van der Waals surface area contributed by atoms with Gasteiger partial charge in [0.25, 0.3) is 5.95 Å². The van der Waals surface area contributed by atoms with Gasteiger partial charge < -0.3 is 9.47 Å². The Bertz CT molecular complexity index is 302. The van der Waals surface area contributed by atoms with Crippen molar-refractivity contribution in [2.45, 2.75) is 12.8 Å². The van der Waals surface area contributed by atoms with E-state index < -0.39 is 5.95 Å². The zero-order chi connectivity index (χ0) is 9.80. The molecular weight excluding hydrogens is 185 g/mol. The van der Waals surface area contributed by atoms with E-state index in [4.69, 9.17) is 9.47 Å². The zero-order valence-electron chi connectivity index (χ0n) is 7.78. The van der Waals surface area contributed by atoms with Crippen LogP contribution in [0.25, 0.3) is 0 Å². The second-order valence-corrected chi connectivity index (χ2v) is 3.37. The standard InChI is InChI=1S/C10H12FNO2/c11-10-9(2-1-5-12-10)14-7-13-6-8-3-4-8/h1-2,5,8H,3-4,6-7H2. The van der Waals surface area contributed by atoms with E-state index in [1.54, 1.807) is 6.07 Å². The lowest BCUT2D eigenvalue weighted by Crippen LogP contribution is -2.06. The Balaban J connectivity index is 1.71. The van der Waals surface area contributed by atoms with Crippen molar-refractivity contribution in [2.24, 2.45) is 5.92 Å². The third kappa shape index (κ3) is 2.67. The van der Waals surface area contributed by atoms with Crippen LogP contribution in [-0.2, 0) is 4.74 Å². The Labute approximate surface area is 81.9 Å². The van der Waals surface area contributed by atoms with Gasteiger partial charge in [0.2, 0.25) is 0 Å². The van der Waals surface area contributed by atoms with Crippen LogP contribution >= 0.6 is 0 Å². The van der Waals surface area contributed by atoms with E-state index in [1.807, 2.05) is 0 Å². The molecule has 0 spiro atoms. The summed E-state index contributed by atoms with van der Waals surface area (Å²) >= 11 is 0. The van der Waals surface area contributed by atoms with E-state index in [0.717, 1.165) is 0 Å². The fourth-order valence-electron chi connectivity index (χ4n) is 1.08. The minimum Gasteiger partial charge on any atom is -0.463 e. The second-order valence-electron chi connectivity index (χ2n) is 3.37. The van der Waals surface area contributed by atoms with Gasteiger partial charge in [-0.25, -0.2) is 4.98 Å². The first-order valence-electron chi connectivity index (χ1n) is 4.67. The molecule has 4 heteroatoms. The molecule has 1 heterocycles. The van der Waals surface area contributed by atoms with Gasteiger partial charge in [0.05, 0.1) is 6.61 Å². The van der Waals surface area contributed by atoms with Crippen LogP contribution in [-0.4, -0.2) is 18.4 Å². The molecule has 14 heavy (non-hydrogen) atoms. The number of nitrogens with zero attached hydrogens (tertiary/aromatic N) is 1. The van der Waals surface area contributed by atoms with Crippen LogP contribution in [0.15, 0.2) is 18.3 Å². The van der Waals surface area contributed by atoms with Gasteiger partial charge in [-0.15, -0.1) is 0 Å². The predicted octanol–water partition coefficient (Wildman–Crippen LogP) is 1.98. The molecule has 0 N–H and O–H groups in total. The Morgan fingerprint density at radius 1 is 1.50 bits per heavy atom. The Kier molecular flexibility index (Phi) is 2.93. The number of hydrogen-bond donors (Lipinski definition) is 0. The highest BCUT2D eigenvalue weighted by Crippen LogP contribution is 2.28. The third-order valence-corrected chi connectivity index (χ3v) is 2.07. The summed E-state index contributed by atoms with van der Waals surface area (Å²) in [6.45, 7) is 0.807. The molecule has 1 saturated carbocycles. The van der Waals surface area contributed by atoms with Crippen LogP contribution in [0.1, 0.15) is 12.8 Å². The van der Waals surface area contributed by atoms with Gasteiger partial charge in [-0.05, 0) is 30.9 Å². The first-order chi connectivity index (χ1) is 6.86. The number of ether oxygens (including phenoxy) is 2. The molecule has 0 unspecified atom stereocenters. The smallest absolute Gasteiger partial charge is 0.255 e. The van der Waals surface area contributed by atoms with E-state index >= 15 is 0 Å². The maximum atomic E-state index is 12.9. The van der Waals surface area contributed by atoms with Gasteiger partial charge in [-0.2, -0.15) is 4.39 Å². The van der Waals surface area contributed by atoms with E-state index in [-0.39, 0.29) is 12.5 Å². The van der Waals surface area contributed by atoms with Crippen LogP contribution in [0.5, 0.6) is 5.75 Å². The average molecular weight is 197 g/mol. The minimum absolute atomic E-state index is 0.0963. The van der Waals surface area contributed by atoms with Crippen LogP contribution in [0, 0.1) is 11.9 Å². The molecule has 76 valence electrons. The highest BCUT2D eigenvalue weighted by atomic mass is 19.1. The summed E-state index contributed by atoms with van der Waals surface area (Å²) in [6.07, 6.45) is 3.86. The molecule has 0 aromatic carbocycles. The van der Waals surface area contributed by atoms with Gasteiger partial charge in [0, 0.05) is 6.20 Å². The maximum absolute atomic E-state index is 12.9. The van der Waals surface area contributed by atoms with Crippen molar-refractivity contribution in [3.8, 4) is 5.75 Å². The topological polar surface area (TPSA) is 31.4 Å². The summed E-state index contributed by atoms with van der Waals surface area (Å²) in [5.74, 6) is 0.239. The van der Waals surface area contributed by atoms with Crippen molar-refractivity contribution in [1.82, 2.24) is 4.98 Å². The number of aromatic nitrogens is 1. The van der Waals surface area contributed by atoms with E-state index in [1.165, 1.54) is 25.1 Å². The van der Waals surface area contributed by atoms with Crippen molar-refractivity contribution in [3.05, 3.63) is 24.3 Å². The van der Waals surface area contributed by atoms with Gasteiger partial charge in [-0.3, -0.25) is 0 Å². The van der Waals surface area contributed by atoms with Gasteiger partial charge in [-0.1, -0.05) is 0 Å². The van der Waals surface area contributed by atoms with E-state index in [9.17, 15) is 4.39 Å². The molecule has 1 aliphatic rings. The predicted molar refractivity (Wildman–Crippen MR) is 48.4 cm³/mol. The summed E-state index contributed by atoms with van der Waals surface area (Å²) < 4.78 is 23.2. The Hall–Kier alpha value is -1.16. The lowest BCUT2D eigenvalue weighted by Gasteiger charge is -2.06. The molecule has 0 aliphatic heterocycles. The molecular formula is C10H12FNO2. The molecule has 1 aliphatic carbocycles. The summed E-state index contributed by atoms with van der Waals surface area (Å²) in [5, 5.41) is 0. The monoisotopic (exact) mass is 197 g/mol. The highest BCUT2D eigenvalue weighted by molar-refractivity contribution is 5.17. The summed E-state index contributed by atoms with van der Waals surface area (Å²) in [5.41, 5.74) is 0. The van der Waals surface area contributed by atoms with Crippen LogP contribution in [0.2, 0.25) is 0 Å². The van der Waals surface area contributed by atoms with Crippen molar-refractivity contribution < 1.29 is 13.9 Å². The van der Waals surface area contributed by atoms with Crippen molar-refractivity contribution in [1.29, 1.82) is 0 Å². The highest BCUT2D eigenvalue weighted by Gasteiger charge is 2.21. The lowest BCUT2D eigenvalue weighted by molar-refractivity contribution is 0.00748. The van der Waals surface area contributed by atoms with Gasteiger partial charge >= 0.3 is 0 Å². The number of rotatable bonds is 5. The molecule has 0 atom stereocenters. The number of pyridine rings is 1. The number of hydrogen-bond acceptors (Lipinski definition) is 3. The number of halogens is 1. The largest absolute Gasteiger partial charge is 0.463 e. The van der Waals surface area contributed by atoms with Crippen molar-refractivity contribution >= 4 is 0 Å². The summed E-state index contributed by atoms with van der Waals surface area (Å²) in [4.78, 5) is 3.46. The molecule has 0 bridgehead atoms. The SMILES string of the molecule is Fc1ncccc1OCOCC1CC1. The van der Waals surface area contributed by atoms with Crippen LogP contribution in [0.3, 0.4) is 0 Å². The molecule has 0 radical (unpaired) electrons. The van der Waals surface area contributed by atoms with Crippen molar-refractivity contribution in [3.63, 3.8) is 0 Å². The van der Waals surface area contributed by atoms with Gasteiger partial charge in [0.1, 0.15) is 0 Å².